The largest absolute Gasteiger partial charge is 0.361 e. The minimum absolute atomic E-state index is 0.347. The Hall–Kier alpha value is -2.17. The molecule has 1 amide bonds. The van der Waals surface area contributed by atoms with Crippen LogP contribution in [0.2, 0.25) is 0 Å². The highest BCUT2D eigenvalue weighted by Crippen LogP contribution is 2.19. The van der Waals surface area contributed by atoms with Gasteiger partial charge in [-0.25, -0.2) is 4.39 Å². The van der Waals surface area contributed by atoms with Crippen LogP contribution in [0.1, 0.15) is 27.4 Å². The van der Waals surface area contributed by atoms with Crippen molar-refractivity contribution in [3.05, 3.63) is 46.6 Å². The number of amides is 1. The Morgan fingerprint density at radius 2 is 2.06 bits per heavy atom. The molecule has 0 atom stereocenters. The van der Waals surface area contributed by atoms with E-state index in [1.165, 1.54) is 12.1 Å². The van der Waals surface area contributed by atoms with E-state index in [1.54, 1.807) is 26.8 Å². The summed E-state index contributed by atoms with van der Waals surface area (Å²) in [5, 5.41) is 6.37. The molecule has 0 bridgehead atoms. The second-order valence-corrected chi connectivity index (χ2v) is 4.11. The molecule has 1 aromatic heterocycles. The molecule has 1 aromatic carbocycles. The van der Waals surface area contributed by atoms with E-state index in [2.05, 4.69) is 10.5 Å². The molecule has 4 nitrogen and oxygen atoms in total. The van der Waals surface area contributed by atoms with Crippen LogP contribution in [0.15, 0.2) is 22.7 Å². The van der Waals surface area contributed by atoms with Crippen LogP contribution in [0, 0.1) is 26.6 Å². The Kier molecular flexibility index (Phi) is 3.14. The van der Waals surface area contributed by atoms with Gasteiger partial charge in [0.2, 0.25) is 0 Å². The summed E-state index contributed by atoms with van der Waals surface area (Å²) in [5.41, 5.74) is 2.13. The summed E-state index contributed by atoms with van der Waals surface area (Å²) in [7, 11) is 0. The van der Waals surface area contributed by atoms with Crippen molar-refractivity contribution in [1.82, 2.24) is 5.16 Å². The number of hydrogen-bond donors (Lipinski definition) is 1. The molecule has 0 saturated heterocycles. The lowest BCUT2D eigenvalue weighted by Crippen LogP contribution is -2.14. The van der Waals surface area contributed by atoms with E-state index in [0.29, 0.717) is 22.7 Å². The molecule has 0 saturated carbocycles. The van der Waals surface area contributed by atoms with Crippen molar-refractivity contribution < 1.29 is 13.7 Å². The molecule has 2 rings (SSSR count). The van der Waals surface area contributed by atoms with E-state index < -0.39 is 5.82 Å². The van der Waals surface area contributed by atoms with E-state index in [4.69, 9.17) is 4.52 Å². The van der Waals surface area contributed by atoms with Crippen LogP contribution in [0.3, 0.4) is 0 Å². The number of nitrogens with zero attached hydrogens (tertiary/aromatic N) is 1. The third-order valence-corrected chi connectivity index (χ3v) is 2.71. The fraction of sp³-hybridized carbons (Fsp3) is 0.231. The van der Waals surface area contributed by atoms with Gasteiger partial charge in [-0.1, -0.05) is 11.2 Å². The Morgan fingerprint density at radius 1 is 1.33 bits per heavy atom. The van der Waals surface area contributed by atoms with Gasteiger partial charge in [-0.2, -0.15) is 0 Å². The van der Waals surface area contributed by atoms with Gasteiger partial charge in [0.05, 0.1) is 5.69 Å². The molecule has 0 unspecified atom stereocenters. The molecule has 5 heteroatoms. The smallest absolute Gasteiger partial charge is 0.261 e. The summed E-state index contributed by atoms with van der Waals surface area (Å²) in [4.78, 5) is 12.0. The van der Waals surface area contributed by atoms with Crippen molar-refractivity contribution in [3.63, 3.8) is 0 Å². The second-order valence-electron chi connectivity index (χ2n) is 4.11. The van der Waals surface area contributed by atoms with Crippen molar-refractivity contribution in [1.29, 1.82) is 0 Å². The SMILES string of the molecule is Cc1ccc(F)cc1NC(=O)c1c(C)noc1C. The topological polar surface area (TPSA) is 55.1 Å². The number of aryl methyl sites for hydroxylation is 3. The summed E-state index contributed by atoms with van der Waals surface area (Å²) in [6, 6.07) is 4.24. The van der Waals surface area contributed by atoms with Crippen LogP contribution in [-0.4, -0.2) is 11.1 Å². The second kappa shape index (κ2) is 4.60. The molecule has 1 heterocycles. The lowest BCUT2D eigenvalue weighted by molar-refractivity contribution is 0.102. The number of benzene rings is 1. The molecule has 0 aliphatic heterocycles. The Morgan fingerprint density at radius 3 is 2.67 bits per heavy atom. The summed E-state index contributed by atoms with van der Waals surface area (Å²) >= 11 is 0. The highest BCUT2D eigenvalue weighted by Gasteiger charge is 2.18. The fourth-order valence-corrected chi connectivity index (χ4v) is 1.72. The summed E-state index contributed by atoms with van der Waals surface area (Å²) in [5.74, 6) is -0.298. The number of nitrogens with one attached hydrogen (secondary N) is 1. The van der Waals surface area contributed by atoms with Crippen LogP contribution >= 0.6 is 0 Å². The van der Waals surface area contributed by atoms with Crippen molar-refractivity contribution in [3.8, 4) is 0 Å². The number of halogens is 1. The van der Waals surface area contributed by atoms with Gasteiger partial charge in [-0.15, -0.1) is 0 Å². The van der Waals surface area contributed by atoms with E-state index >= 15 is 0 Å². The molecule has 0 fully saturated rings. The standard InChI is InChI=1S/C13H13FN2O2/c1-7-4-5-10(14)6-11(7)15-13(17)12-8(2)16-18-9(12)3/h4-6H,1-3H3,(H,15,17). The van der Waals surface area contributed by atoms with Gasteiger partial charge in [0.15, 0.2) is 0 Å². The molecule has 0 spiro atoms. The first-order valence-corrected chi connectivity index (χ1v) is 5.49. The van der Waals surface area contributed by atoms with Crippen molar-refractivity contribution in [2.75, 3.05) is 5.32 Å². The minimum atomic E-state index is -0.394. The molecule has 2 aromatic rings. The van der Waals surface area contributed by atoms with Gasteiger partial charge in [-0.3, -0.25) is 4.79 Å². The van der Waals surface area contributed by atoms with Crippen molar-refractivity contribution in [2.45, 2.75) is 20.8 Å². The van der Waals surface area contributed by atoms with Gasteiger partial charge in [0.25, 0.3) is 5.91 Å². The first kappa shape index (κ1) is 12.3. The summed E-state index contributed by atoms with van der Waals surface area (Å²) in [6.07, 6.45) is 0. The average molecular weight is 248 g/mol. The highest BCUT2D eigenvalue weighted by molar-refractivity contribution is 6.05. The lowest BCUT2D eigenvalue weighted by atomic mass is 10.1. The van der Waals surface area contributed by atoms with Crippen LogP contribution in [-0.2, 0) is 0 Å². The number of anilines is 1. The molecular formula is C13H13FN2O2. The third kappa shape index (κ3) is 2.25. The number of hydrogen-bond acceptors (Lipinski definition) is 3. The van der Waals surface area contributed by atoms with Gasteiger partial charge < -0.3 is 9.84 Å². The maximum absolute atomic E-state index is 13.1. The molecule has 0 aliphatic rings. The molecular weight excluding hydrogens is 235 g/mol. The highest BCUT2D eigenvalue weighted by atomic mass is 19.1. The van der Waals surface area contributed by atoms with E-state index in [1.807, 2.05) is 0 Å². The maximum Gasteiger partial charge on any atom is 0.261 e. The molecule has 0 radical (unpaired) electrons. The van der Waals surface area contributed by atoms with E-state index in [0.717, 1.165) is 5.56 Å². The zero-order chi connectivity index (χ0) is 13.3. The Bertz CT molecular complexity index is 586. The lowest BCUT2D eigenvalue weighted by Gasteiger charge is -2.08. The van der Waals surface area contributed by atoms with Crippen LogP contribution < -0.4 is 5.32 Å². The van der Waals surface area contributed by atoms with Crippen LogP contribution in [0.25, 0.3) is 0 Å². The average Bonchev–Trinajstić information content (AvgIpc) is 2.63. The zero-order valence-electron chi connectivity index (χ0n) is 10.4. The normalized spacial score (nSPS) is 10.4. The maximum atomic E-state index is 13.1. The van der Waals surface area contributed by atoms with Gasteiger partial charge >= 0.3 is 0 Å². The first-order valence-electron chi connectivity index (χ1n) is 5.49. The summed E-state index contributed by atoms with van der Waals surface area (Å²) < 4.78 is 18.0. The van der Waals surface area contributed by atoms with Gasteiger partial charge in [-0.05, 0) is 38.5 Å². The molecule has 0 aliphatic carbocycles. The quantitative estimate of drug-likeness (QED) is 0.888. The monoisotopic (exact) mass is 248 g/mol. The first-order chi connectivity index (χ1) is 8.49. The number of carbonyl (C=O) groups is 1. The molecule has 94 valence electrons. The predicted octanol–water partition coefficient (Wildman–Crippen LogP) is 2.99. The number of aromatic nitrogens is 1. The number of rotatable bonds is 2. The molecule has 18 heavy (non-hydrogen) atoms. The predicted molar refractivity (Wildman–Crippen MR) is 65.1 cm³/mol. The van der Waals surface area contributed by atoms with E-state index in [9.17, 15) is 9.18 Å². The third-order valence-electron chi connectivity index (χ3n) is 2.71. The minimum Gasteiger partial charge on any atom is -0.361 e. The fourth-order valence-electron chi connectivity index (χ4n) is 1.72. The summed E-state index contributed by atoms with van der Waals surface area (Å²) in [6.45, 7) is 5.14. The van der Waals surface area contributed by atoms with Crippen LogP contribution in [0.5, 0.6) is 0 Å². The van der Waals surface area contributed by atoms with Crippen molar-refractivity contribution in [2.24, 2.45) is 0 Å². The Labute approximate surface area is 104 Å². The van der Waals surface area contributed by atoms with E-state index in [-0.39, 0.29) is 5.91 Å². The molecule has 1 N–H and O–H groups in total. The number of carbonyl (C=O) groups excluding carboxylic acids is 1. The van der Waals surface area contributed by atoms with Gasteiger partial charge in [0, 0.05) is 5.69 Å². The van der Waals surface area contributed by atoms with Gasteiger partial charge in [0.1, 0.15) is 17.1 Å². The van der Waals surface area contributed by atoms with Crippen molar-refractivity contribution >= 4 is 11.6 Å². The Balaban J connectivity index is 2.30. The van der Waals surface area contributed by atoms with Crippen LogP contribution in [0.4, 0.5) is 10.1 Å². The zero-order valence-corrected chi connectivity index (χ0v) is 10.4.